The van der Waals surface area contributed by atoms with Gasteiger partial charge in [-0.05, 0) is 52.8 Å². The Morgan fingerprint density at radius 3 is 2.21 bits per heavy atom. The van der Waals surface area contributed by atoms with Gasteiger partial charge in [0.15, 0.2) is 6.29 Å². The number of esters is 1. The zero-order valence-electron chi connectivity index (χ0n) is 22.8. The van der Waals surface area contributed by atoms with Gasteiger partial charge < -0.3 is 19.9 Å². The van der Waals surface area contributed by atoms with Gasteiger partial charge in [-0.15, -0.1) is 0 Å². The average molecular weight is 538 g/mol. The first-order chi connectivity index (χ1) is 18.6. The highest BCUT2D eigenvalue weighted by Gasteiger charge is 2.34. The predicted molar refractivity (Wildman–Crippen MR) is 147 cm³/mol. The molecule has 39 heavy (non-hydrogen) atoms. The molecule has 0 aliphatic heterocycles. The minimum Gasteiger partial charge on any atom is -0.456 e. The molecule has 1 aromatic heterocycles. The standard InChI is InChI=1S/C28H35N5O6/c1-6-37-21(38-7-2)17-33(18-13-9-8-10-14-18)32-26(35)23(25(29)34)22(27(36)39-28(3,4)5)24-19-15-11-12-16-20(19)30-31-24/h8-16,21H,6-7,17H2,1-5H3,(H2,29,34)(H,30,31)(H,32,35). The molecule has 4 N–H and O–H groups in total. The number of fused-ring (bicyclic) bond motifs is 1. The van der Waals surface area contributed by atoms with Crippen molar-refractivity contribution in [3.8, 4) is 0 Å². The van der Waals surface area contributed by atoms with E-state index in [1.54, 1.807) is 69.3 Å². The topological polar surface area (TPSA) is 149 Å². The molecular formula is C28H35N5O6. The third-order valence-corrected chi connectivity index (χ3v) is 5.37. The Morgan fingerprint density at radius 1 is 1.00 bits per heavy atom. The number of primary amides is 1. The molecule has 2 aromatic carbocycles. The normalized spacial score (nSPS) is 12.3. The molecule has 0 aliphatic rings. The highest BCUT2D eigenvalue weighted by atomic mass is 16.7. The van der Waals surface area contributed by atoms with Crippen molar-refractivity contribution in [1.82, 2.24) is 15.6 Å². The SMILES string of the molecule is CCOC(CN(NC(=O)C(C(N)=O)=C(C(=O)OC(C)(C)C)c1n[nH]c2ccccc12)c1ccccc1)OCC. The van der Waals surface area contributed by atoms with Crippen LogP contribution in [0.3, 0.4) is 0 Å². The van der Waals surface area contributed by atoms with Crippen LogP contribution in [0.4, 0.5) is 5.69 Å². The van der Waals surface area contributed by atoms with E-state index in [1.165, 1.54) is 5.01 Å². The minimum atomic E-state index is -1.13. The van der Waals surface area contributed by atoms with Crippen LogP contribution in [0.2, 0.25) is 0 Å². The molecule has 0 unspecified atom stereocenters. The summed E-state index contributed by atoms with van der Waals surface area (Å²) in [6.45, 7) is 9.51. The van der Waals surface area contributed by atoms with Crippen molar-refractivity contribution < 1.29 is 28.6 Å². The third-order valence-electron chi connectivity index (χ3n) is 5.37. The number of hydrogen-bond acceptors (Lipinski definition) is 8. The second kappa shape index (κ2) is 13.0. The lowest BCUT2D eigenvalue weighted by atomic mass is 10.0. The van der Waals surface area contributed by atoms with Crippen LogP contribution in [0.25, 0.3) is 16.5 Å². The molecule has 0 atom stereocenters. The van der Waals surface area contributed by atoms with E-state index < -0.39 is 35.2 Å². The lowest BCUT2D eigenvalue weighted by Gasteiger charge is -2.29. The maximum absolute atomic E-state index is 13.8. The van der Waals surface area contributed by atoms with Gasteiger partial charge in [-0.25, -0.2) is 4.79 Å². The number of nitrogens with two attached hydrogens (primary N) is 1. The van der Waals surface area contributed by atoms with E-state index in [0.29, 0.717) is 29.8 Å². The zero-order valence-corrected chi connectivity index (χ0v) is 22.8. The summed E-state index contributed by atoms with van der Waals surface area (Å²) in [5.74, 6) is -2.97. The van der Waals surface area contributed by atoms with Gasteiger partial charge in [0.2, 0.25) is 0 Å². The molecule has 0 aliphatic carbocycles. The number of hydrogen-bond donors (Lipinski definition) is 3. The molecule has 2 amide bonds. The maximum atomic E-state index is 13.8. The number of para-hydroxylation sites is 2. The van der Waals surface area contributed by atoms with Crippen molar-refractivity contribution in [2.75, 3.05) is 24.8 Å². The van der Waals surface area contributed by atoms with Gasteiger partial charge in [0, 0.05) is 18.6 Å². The Morgan fingerprint density at radius 2 is 1.62 bits per heavy atom. The summed E-state index contributed by atoms with van der Waals surface area (Å²) in [5, 5.41) is 9.04. The van der Waals surface area contributed by atoms with E-state index in [1.807, 2.05) is 19.9 Å². The smallest absolute Gasteiger partial charge is 0.341 e. The Kier molecular flexibility index (Phi) is 9.80. The van der Waals surface area contributed by atoms with Crippen LogP contribution >= 0.6 is 0 Å². The molecule has 3 aromatic rings. The second-order valence-corrected chi connectivity index (χ2v) is 9.46. The van der Waals surface area contributed by atoms with E-state index in [-0.39, 0.29) is 17.8 Å². The molecule has 0 bridgehead atoms. The first-order valence-corrected chi connectivity index (χ1v) is 12.6. The number of carbonyl (C=O) groups excluding carboxylic acids is 3. The van der Waals surface area contributed by atoms with Gasteiger partial charge in [-0.1, -0.05) is 36.4 Å². The number of rotatable bonds is 12. The van der Waals surface area contributed by atoms with Crippen molar-refractivity contribution in [3.63, 3.8) is 0 Å². The largest absolute Gasteiger partial charge is 0.456 e. The summed E-state index contributed by atoms with van der Waals surface area (Å²) in [4.78, 5) is 40.1. The van der Waals surface area contributed by atoms with Gasteiger partial charge in [0.1, 0.15) is 22.4 Å². The van der Waals surface area contributed by atoms with Crippen LogP contribution in [0.5, 0.6) is 0 Å². The van der Waals surface area contributed by atoms with E-state index in [9.17, 15) is 14.4 Å². The number of nitrogens with zero attached hydrogens (tertiary/aromatic N) is 2. The molecule has 1 heterocycles. The number of aromatic amines is 1. The maximum Gasteiger partial charge on any atom is 0.341 e. The second-order valence-electron chi connectivity index (χ2n) is 9.46. The van der Waals surface area contributed by atoms with Crippen LogP contribution in [0, 0.1) is 0 Å². The fourth-order valence-corrected chi connectivity index (χ4v) is 3.83. The molecule has 3 rings (SSSR count). The monoisotopic (exact) mass is 537 g/mol. The van der Waals surface area contributed by atoms with Crippen molar-refractivity contribution in [2.24, 2.45) is 5.73 Å². The third kappa shape index (κ3) is 7.65. The molecule has 0 spiro atoms. The Bertz CT molecular complexity index is 1320. The summed E-state index contributed by atoms with van der Waals surface area (Å²) < 4.78 is 16.9. The number of H-pyrrole nitrogens is 1. The number of aromatic nitrogens is 2. The van der Waals surface area contributed by atoms with Gasteiger partial charge in [-0.2, -0.15) is 5.10 Å². The zero-order chi connectivity index (χ0) is 28.6. The molecule has 11 heteroatoms. The summed E-state index contributed by atoms with van der Waals surface area (Å²) in [6.07, 6.45) is -0.692. The fourth-order valence-electron chi connectivity index (χ4n) is 3.83. The highest BCUT2D eigenvalue weighted by molar-refractivity contribution is 6.35. The van der Waals surface area contributed by atoms with Crippen LogP contribution < -0.4 is 16.2 Å². The Balaban J connectivity index is 2.13. The van der Waals surface area contributed by atoms with Gasteiger partial charge in [0.05, 0.1) is 17.7 Å². The molecular weight excluding hydrogens is 502 g/mol. The molecule has 11 nitrogen and oxygen atoms in total. The fraction of sp³-hybridized carbons (Fsp3) is 0.357. The van der Waals surface area contributed by atoms with Crippen molar-refractivity contribution in [3.05, 3.63) is 65.9 Å². The van der Waals surface area contributed by atoms with Crippen LogP contribution in [-0.2, 0) is 28.6 Å². The van der Waals surface area contributed by atoms with Crippen LogP contribution in [0.15, 0.2) is 60.2 Å². The number of nitrogens with one attached hydrogen (secondary N) is 2. The average Bonchev–Trinajstić information content (AvgIpc) is 3.30. The number of ether oxygens (including phenoxy) is 3. The van der Waals surface area contributed by atoms with Crippen molar-refractivity contribution in [2.45, 2.75) is 46.5 Å². The van der Waals surface area contributed by atoms with Crippen LogP contribution in [0.1, 0.15) is 40.3 Å². The number of benzene rings is 2. The number of hydrazine groups is 1. The van der Waals surface area contributed by atoms with Gasteiger partial charge in [0.25, 0.3) is 11.8 Å². The highest BCUT2D eigenvalue weighted by Crippen LogP contribution is 2.28. The summed E-state index contributed by atoms with van der Waals surface area (Å²) in [7, 11) is 0. The number of amides is 2. The first-order valence-electron chi connectivity index (χ1n) is 12.6. The van der Waals surface area contributed by atoms with E-state index in [2.05, 4.69) is 15.6 Å². The lowest BCUT2D eigenvalue weighted by molar-refractivity contribution is -0.147. The summed E-state index contributed by atoms with van der Waals surface area (Å²) in [5.41, 5.74) is 7.80. The van der Waals surface area contributed by atoms with Gasteiger partial charge >= 0.3 is 5.97 Å². The van der Waals surface area contributed by atoms with Gasteiger partial charge in [-0.3, -0.25) is 25.1 Å². The minimum absolute atomic E-state index is 0.0663. The number of carbonyl (C=O) groups is 3. The van der Waals surface area contributed by atoms with Crippen LogP contribution in [-0.4, -0.2) is 59.6 Å². The molecule has 208 valence electrons. The van der Waals surface area contributed by atoms with Crippen molar-refractivity contribution >= 4 is 39.9 Å². The van der Waals surface area contributed by atoms with E-state index in [0.717, 1.165) is 0 Å². The molecule has 0 radical (unpaired) electrons. The molecule has 0 saturated heterocycles. The summed E-state index contributed by atoms with van der Waals surface area (Å²) >= 11 is 0. The first kappa shape index (κ1) is 29.3. The van der Waals surface area contributed by atoms with E-state index >= 15 is 0 Å². The Hall–Kier alpha value is -4.22. The van der Waals surface area contributed by atoms with E-state index in [4.69, 9.17) is 19.9 Å². The predicted octanol–water partition coefficient (Wildman–Crippen LogP) is 3.08. The molecule has 0 saturated carbocycles. The number of anilines is 1. The molecule has 0 fully saturated rings. The quantitative estimate of drug-likeness (QED) is 0.0797. The summed E-state index contributed by atoms with van der Waals surface area (Å²) in [6, 6.07) is 15.9. The van der Waals surface area contributed by atoms with Crippen molar-refractivity contribution in [1.29, 1.82) is 0 Å². The lowest BCUT2D eigenvalue weighted by Crippen LogP contribution is -2.49. The Labute approximate surface area is 227 Å².